The Hall–Kier alpha value is -2.69. The summed E-state index contributed by atoms with van der Waals surface area (Å²) in [6.45, 7) is 2.23. The average Bonchev–Trinajstić information content (AvgIpc) is 3.38. The number of nitriles is 1. The molecule has 1 unspecified atom stereocenters. The highest BCUT2D eigenvalue weighted by Gasteiger charge is 2.19. The summed E-state index contributed by atoms with van der Waals surface area (Å²) < 4.78 is 0. The normalized spacial score (nSPS) is 18.8. The van der Waals surface area contributed by atoms with E-state index in [4.69, 9.17) is 10.2 Å². The van der Waals surface area contributed by atoms with Gasteiger partial charge in [0.05, 0.1) is 22.9 Å². The molecule has 4 nitrogen and oxygen atoms in total. The number of nitrogens with one attached hydrogen (secondary N) is 1. The van der Waals surface area contributed by atoms with Crippen LogP contribution < -0.4 is 5.32 Å². The molecule has 4 rings (SSSR count). The van der Waals surface area contributed by atoms with Crippen molar-refractivity contribution >= 4 is 0 Å². The van der Waals surface area contributed by atoms with Crippen molar-refractivity contribution in [1.82, 2.24) is 15.3 Å². The Morgan fingerprint density at radius 1 is 1.15 bits per heavy atom. The van der Waals surface area contributed by atoms with Gasteiger partial charge in [-0.15, -0.1) is 0 Å². The minimum Gasteiger partial charge on any atom is -0.316 e. The maximum absolute atomic E-state index is 9.02. The molecule has 1 aromatic heterocycles. The highest BCUT2D eigenvalue weighted by Crippen LogP contribution is 2.28. The standard InChI is InChI=1S/C22H22N4/c23-13-17-4-7-19(8-5-17)22-20(9-3-16-1-2-16)15-25-21(26-22)10-6-18-11-12-24-14-18/h4-5,7-8,15-16,18,24H,1-2,6,10-12,14H2. The van der Waals surface area contributed by atoms with E-state index in [0.29, 0.717) is 11.5 Å². The summed E-state index contributed by atoms with van der Waals surface area (Å²) in [6, 6.07) is 9.73. The van der Waals surface area contributed by atoms with Crippen LogP contribution in [-0.4, -0.2) is 23.1 Å². The van der Waals surface area contributed by atoms with Crippen molar-refractivity contribution in [2.75, 3.05) is 13.1 Å². The lowest BCUT2D eigenvalue weighted by Crippen LogP contribution is -2.10. The molecule has 2 fully saturated rings. The van der Waals surface area contributed by atoms with E-state index >= 15 is 0 Å². The maximum atomic E-state index is 9.02. The van der Waals surface area contributed by atoms with Gasteiger partial charge in [-0.2, -0.15) is 5.26 Å². The second-order valence-electron chi connectivity index (χ2n) is 7.18. The van der Waals surface area contributed by atoms with Crippen LogP contribution in [0, 0.1) is 35.0 Å². The SMILES string of the molecule is N#Cc1ccc(-c2nc(CCC3CCNC3)ncc2C#CC2CC2)cc1. The smallest absolute Gasteiger partial charge is 0.129 e. The topological polar surface area (TPSA) is 61.6 Å². The van der Waals surface area contributed by atoms with Crippen molar-refractivity contribution < 1.29 is 0 Å². The number of benzene rings is 1. The molecule has 2 aromatic rings. The van der Waals surface area contributed by atoms with Crippen LogP contribution >= 0.6 is 0 Å². The first-order valence-electron chi connectivity index (χ1n) is 9.40. The largest absolute Gasteiger partial charge is 0.316 e. The zero-order valence-corrected chi connectivity index (χ0v) is 14.8. The van der Waals surface area contributed by atoms with Crippen LogP contribution in [0.1, 0.15) is 42.6 Å². The monoisotopic (exact) mass is 342 g/mol. The molecule has 1 atom stereocenters. The Morgan fingerprint density at radius 2 is 2.00 bits per heavy atom. The van der Waals surface area contributed by atoms with Gasteiger partial charge in [0.1, 0.15) is 5.82 Å². The number of hydrogen-bond donors (Lipinski definition) is 1. The van der Waals surface area contributed by atoms with Crippen molar-refractivity contribution in [2.24, 2.45) is 11.8 Å². The van der Waals surface area contributed by atoms with E-state index < -0.39 is 0 Å². The van der Waals surface area contributed by atoms with Gasteiger partial charge in [0, 0.05) is 24.1 Å². The van der Waals surface area contributed by atoms with Gasteiger partial charge in [0.2, 0.25) is 0 Å². The van der Waals surface area contributed by atoms with E-state index in [1.165, 1.54) is 19.3 Å². The van der Waals surface area contributed by atoms with E-state index in [0.717, 1.165) is 54.5 Å². The van der Waals surface area contributed by atoms with Gasteiger partial charge in [-0.05, 0) is 56.8 Å². The van der Waals surface area contributed by atoms with E-state index in [9.17, 15) is 0 Å². The minimum atomic E-state index is 0.540. The Bertz CT molecular complexity index is 873. The predicted molar refractivity (Wildman–Crippen MR) is 101 cm³/mol. The molecule has 0 amide bonds. The van der Waals surface area contributed by atoms with Gasteiger partial charge in [0.15, 0.2) is 0 Å². The molecule has 1 aliphatic carbocycles. The Labute approximate surface area is 154 Å². The second kappa shape index (κ2) is 7.68. The summed E-state index contributed by atoms with van der Waals surface area (Å²) in [5.74, 6) is 8.74. The lowest BCUT2D eigenvalue weighted by Gasteiger charge is -2.09. The first-order valence-corrected chi connectivity index (χ1v) is 9.40. The van der Waals surface area contributed by atoms with E-state index in [1.807, 2.05) is 30.5 Å². The van der Waals surface area contributed by atoms with Crippen LogP contribution in [0.2, 0.25) is 0 Å². The summed E-state index contributed by atoms with van der Waals surface area (Å²) in [7, 11) is 0. The quantitative estimate of drug-likeness (QED) is 0.866. The third kappa shape index (κ3) is 4.10. The highest BCUT2D eigenvalue weighted by molar-refractivity contribution is 5.67. The molecule has 0 bridgehead atoms. The van der Waals surface area contributed by atoms with Crippen LogP contribution in [0.25, 0.3) is 11.3 Å². The highest BCUT2D eigenvalue weighted by atomic mass is 14.9. The molecule has 1 N–H and O–H groups in total. The van der Waals surface area contributed by atoms with Crippen molar-refractivity contribution in [2.45, 2.75) is 32.1 Å². The second-order valence-corrected chi connectivity index (χ2v) is 7.18. The molecule has 1 saturated heterocycles. The fourth-order valence-corrected chi connectivity index (χ4v) is 3.25. The minimum absolute atomic E-state index is 0.540. The van der Waals surface area contributed by atoms with Crippen LogP contribution in [0.15, 0.2) is 30.5 Å². The van der Waals surface area contributed by atoms with Crippen LogP contribution in [0.5, 0.6) is 0 Å². The molecule has 1 aromatic carbocycles. The molecule has 2 heterocycles. The number of hydrogen-bond acceptors (Lipinski definition) is 4. The third-order valence-electron chi connectivity index (χ3n) is 5.05. The molecule has 4 heteroatoms. The van der Waals surface area contributed by atoms with Crippen LogP contribution in [0.3, 0.4) is 0 Å². The van der Waals surface area contributed by atoms with Crippen molar-refractivity contribution in [3.63, 3.8) is 0 Å². The zero-order valence-electron chi connectivity index (χ0n) is 14.8. The summed E-state index contributed by atoms with van der Waals surface area (Å²) >= 11 is 0. The third-order valence-corrected chi connectivity index (χ3v) is 5.05. The molecule has 0 spiro atoms. The van der Waals surface area contributed by atoms with E-state index in [1.54, 1.807) is 0 Å². The molecule has 0 radical (unpaired) electrons. The van der Waals surface area contributed by atoms with Crippen molar-refractivity contribution in [3.8, 4) is 29.2 Å². The van der Waals surface area contributed by atoms with Gasteiger partial charge in [-0.25, -0.2) is 9.97 Å². The lowest BCUT2D eigenvalue weighted by atomic mass is 10.0. The predicted octanol–water partition coefficient (Wildman–Crippen LogP) is 3.32. The fraction of sp³-hybridized carbons (Fsp3) is 0.409. The molecule has 1 aliphatic heterocycles. The Morgan fingerprint density at radius 3 is 2.69 bits per heavy atom. The number of aromatic nitrogens is 2. The molecular weight excluding hydrogens is 320 g/mol. The van der Waals surface area contributed by atoms with Gasteiger partial charge in [0.25, 0.3) is 0 Å². The molecule has 2 aliphatic rings. The van der Waals surface area contributed by atoms with Crippen LogP contribution in [0.4, 0.5) is 0 Å². The van der Waals surface area contributed by atoms with Gasteiger partial charge >= 0.3 is 0 Å². The zero-order chi connectivity index (χ0) is 17.8. The molecule has 130 valence electrons. The van der Waals surface area contributed by atoms with E-state index in [2.05, 4.69) is 28.2 Å². The first kappa shape index (κ1) is 16.8. The van der Waals surface area contributed by atoms with Gasteiger partial charge in [-0.1, -0.05) is 24.0 Å². The van der Waals surface area contributed by atoms with Crippen molar-refractivity contribution in [3.05, 3.63) is 47.4 Å². The van der Waals surface area contributed by atoms with Gasteiger partial charge < -0.3 is 5.32 Å². The summed E-state index contributed by atoms with van der Waals surface area (Å²) in [6.07, 6.45) is 7.53. The van der Waals surface area contributed by atoms with E-state index in [-0.39, 0.29) is 0 Å². The number of nitrogens with zero attached hydrogens (tertiary/aromatic N) is 3. The fourth-order valence-electron chi connectivity index (χ4n) is 3.25. The van der Waals surface area contributed by atoms with Crippen molar-refractivity contribution in [1.29, 1.82) is 5.26 Å². The summed E-state index contributed by atoms with van der Waals surface area (Å²) in [4.78, 5) is 9.41. The van der Waals surface area contributed by atoms with Crippen LogP contribution in [-0.2, 0) is 6.42 Å². The molecule has 26 heavy (non-hydrogen) atoms. The maximum Gasteiger partial charge on any atom is 0.129 e. The number of rotatable bonds is 4. The lowest BCUT2D eigenvalue weighted by molar-refractivity contribution is 0.525. The first-order chi connectivity index (χ1) is 12.8. The summed E-state index contributed by atoms with van der Waals surface area (Å²) in [5.41, 5.74) is 3.42. The average molecular weight is 342 g/mol. The van der Waals surface area contributed by atoms with Gasteiger partial charge in [-0.3, -0.25) is 0 Å². The molecule has 1 saturated carbocycles. The Balaban J connectivity index is 1.61. The Kier molecular flexibility index (Phi) is 4.95. The summed E-state index contributed by atoms with van der Waals surface area (Å²) in [5, 5.41) is 12.4. The number of aryl methyl sites for hydroxylation is 1. The molecular formula is C22H22N4.